The summed E-state index contributed by atoms with van der Waals surface area (Å²) in [5.74, 6) is -14.6. The maximum Gasteiger partial charge on any atom is 0.326 e. The summed E-state index contributed by atoms with van der Waals surface area (Å²) in [5, 5.41) is 57.4. The Balaban J connectivity index is 1.97. The number of carbonyl (C=O) groups is 12. The van der Waals surface area contributed by atoms with E-state index in [4.69, 9.17) is 17.2 Å². The summed E-state index contributed by atoms with van der Waals surface area (Å²) in [7, 11) is 0. The minimum Gasteiger partial charge on any atom is -0.481 e. The third-order valence-electron chi connectivity index (χ3n) is 13.9. The molecule has 1 aliphatic rings. The number of hydrogen-bond acceptors (Lipinski definition) is 15. The number of carboxylic acid groups (broad SMARTS) is 3. The number of nitrogens with zero attached hydrogens (tertiary/aromatic N) is 1. The first kappa shape index (κ1) is 65.6. The van der Waals surface area contributed by atoms with Gasteiger partial charge in [0.1, 0.15) is 54.4 Å². The van der Waals surface area contributed by atoms with Gasteiger partial charge in [0, 0.05) is 36.5 Å². The van der Waals surface area contributed by atoms with Gasteiger partial charge in [-0.15, -0.1) is 0 Å². The van der Waals surface area contributed by atoms with Gasteiger partial charge in [0.15, 0.2) is 0 Å². The summed E-state index contributed by atoms with van der Waals surface area (Å²) in [6, 6.07) is -7.03. The molecule has 438 valence electrons. The number of para-hydroxylation sites is 1. The molecule has 2 aromatic rings. The molecule has 2 heterocycles. The Kier molecular flexibility index (Phi) is 26.2. The molecular weight excluding hydrogens is 1040 g/mol. The standard InChI is InChI=1S/C51H78N12O16/c1-6-25(3)41(61-48(75)40(54)27(5)64)49(76)57-31(15-10-11-19-52)43(70)58-33(21-28-24-55-30-14-9-8-13-29(28)30)45(72)59-34(22-38(66)67)46(73)60-35(23-39(68)69)50(77)63-20-12-16-36(63)47(74)56-32(17-18-37(53)65)44(71)62-42(51(78)79)26(4)7-2/h8-9,13-14,24-27,31-36,40-42,55,64H,6-7,10-12,15-23,52,54H2,1-5H3,(H2,53,65)(H,56,74)(H,57,76)(H,58,70)(H,59,72)(H,60,73)(H,61,75)(H,62,71)(H,66,67)(H,68,69)(H,78,79)/t25-,26-,27+,31-,32-,33-,34-,35-,36-,40-,41-,42-/m0/s1. The van der Waals surface area contributed by atoms with Crippen molar-refractivity contribution in [2.75, 3.05) is 13.1 Å². The first-order valence-electron chi connectivity index (χ1n) is 26.3. The number of hydrogen-bond donors (Lipinski definition) is 15. The third-order valence-corrected chi connectivity index (χ3v) is 13.9. The van der Waals surface area contributed by atoms with Crippen LogP contribution in [0.1, 0.15) is 111 Å². The molecule has 1 saturated heterocycles. The molecule has 0 aliphatic carbocycles. The van der Waals surface area contributed by atoms with E-state index >= 15 is 0 Å². The van der Waals surface area contributed by atoms with Crippen molar-refractivity contribution >= 4 is 82.0 Å². The molecule has 1 fully saturated rings. The minimum atomic E-state index is -2.04. The molecule has 3 rings (SSSR count). The Labute approximate surface area is 456 Å². The van der Waals surface area contributed by atoms with Gasteiger partial charge in [0.2, 0.25) is 53.2 Å². The second kappa shape index (κ2) is 31.6. The molecule has 12 atom stereocenters. The van der Waals surface area contributed by atoms with E-state index < -0.39 is 163 Å². The lowest BCUT2D eigenvalue weighted by Gasteiger charge is -2.31. The summed E-state index contributed by atoms with van der Waals surface area (Å²) in [6.07, 6.45) is -1.49. The van der Waals surface area contributed by atoms with E-state index in [0.717, 1.165) is 4.90 Å². The zero-order valence-electron chi connectivity index (χ0n) is 45.1. The molecule has 0 saturated carbocycles. The van der Waals surface area contributed by atoms with E-state index in [1.807, 2.05) is 0 Å². The number of carbonyl (C=O) groups excluding carboxylic acids is 9. The summed E-state index contributed by atoms with van der Waals surface area (Å²) >= 11 is 0. The minimum absolute atomic E-state index is 0.0239. The predicted molar refractivity (Wildman–Crippen MR) is 282 cm³/mol. The summed E-state index contributed by atoms with van der Waals surface area (Å²) in [4.78, 5) is 164. The lowest BCUT2D eigenvalue weighted by molar-refractivity contribution is -0.147. The maximum atomic E-state index is 14.5. The highest BCUT2D eigenvalue weighted by Crippen LogP contribution is 2.22. The zero-order valence-corrected chi connectivity index (χ0v) is 45.1. The number of rotatable bonds is 34. The first-order valence-corrected chi connectivity index (χ1v) is 26.3. The molecule has 1 aromatic carbocycles. The molecular formula is C51H78N12O16. The van der Waals surface area contributed by atoms with Crippen molar-refractivity contribution < 1.29 is 78.0 Å². The van der Waals surface area contributed by atoms with E-state index in [9.17, 15) is 78.0 Å². The van der Waals surface area contributed by atoms with Gasteiger partial charge in [-0.25, -0.2) is 4.79 Å². The largest absolute Gasteiger partial charge is 0.481 e. The number of fused-ring (bicyclic) bond motifs is 1. The molecule has 0 bridgehead atoms. The van der Waals surface area contributed by atoms with Crippen LogP contribution in [0.15, 0.2) is 30.5 Å². The van der Waals surface area contributed by atoms with Crippen LogP contribution >= 0.6 is 0 Å². The Morgan fingerprint density at radius 3 is 1.80 bits per heavy atom. The number of likely N-dealkylation sites (tertiary alicyclic amines) is 1. The number of aliphatic carboxylic acids is 3. The number of H-pyrrole nitrogens is 1. The number of unbranched alkanes of at least 4 members (excludes halogenated alkanes) is 1. The summed E-state index contributed by atoms with van der Waals surface area (Å²) < 4.78 is 0. The number of aliphatic hydroxyl groups is 1. The molecule has 18 N–H and O–H groups in total. The number of nitrogens with one attached hydrogen (secondary N) is 8. The van der Waals surface area contributed by atoms with Gasteiger partial charge in [-0.1, -0.05) is 58.7 Å². The number of primary amides is 1. The second-order valence-electron chi connectivity index (χ2n) is 19.9. The monoisotopic (exact) mass is 1110 g/mol. The number of amides is 9. The lowest BCUT2D eigenvalue weighted by atomic mass is 9.96. The van der Waals surface area contributed by atoms with E-state index in [2.05, 4.69) is 42.2 Å². The van der Waals surface area contributed by atoms with Crippen molar-refractivity contribution in [3.63, 3.8) is 0 Å². The van der Waals surface area contributed by atoms with E-state index in [1.54, 1.807) is 58.2 Å². The highest BCUT2D eigenvalue weighted by Gasteiger charge is 2.42. The molecule has 0 unspecified atom stereocenters. The Hall–Kier alpha value is -7.72. The van der Waals surface area contributed by atoms with Crippen LogP contribution in [-0.2, 0) is 64.0 Å². The lowest BCUT2D eigenvalue weighted by Crippen LogP contribution is -2.61. The van der Waals surface area contributed by atoms with Gasteiger partial charge in [0.25, 0.3) is 0 Å². The van der Waals surface area contributed by atoms with Crippen molar-refractivity contribution in [2.45, 2.75) is 172 Å². The summed E-state index contributed by atoms with van der Waals surface area (Å²) in [6.45, 7) is 8.04. The molecule has 1 aromatic heterocycles. The molecule has 9 amide bonds. The van der Waals surface area contributed by atoms with Gasteiger partial charge < -0.3 is 84.7 Å². The van der Waals surface area contributed by atoms with Crippen LogP contribution in [-0.4, -0.2) is 175 Å². The highest BCUT2D eigenvalue weighted by atomic mass is 16.4. The topological polar surface area (TPSA) is 467 Å². The number of nitrogens with two attached hydrogens (primary N) is 3. The van der Waals surface area contributed by atoms with Crippen molar-refractivity contribution in [3.8, 4) is 0 Å². The number of aromatic nitrogens is 1. The van der Waals surface area contributed by atoms with Gasteiger partial charge in [-0.05, 0) is 75.5 Å². The van der Waals surface area contributed by atoms with Crippen LogP contribution in [0.5, 0.6) is 0 Å². The SMILES string of the molecule is CC[C@H](C)[C@H](NC(=O)[C@H](CCC(N)=O)NC(=O)[C@@H]1CCCN1C(=O)[C@H](CC(=O)O)NC(=O)[C@H](CC(=O)O)NC(=O)[C@H](Cc1c[nH]c2ccccc12)NC(=O)[C@H](CCCCN)NC(=O)[C@@H](NC(=O)[C@@H](N)[C@@H](C)O)[C@@H](C)CC)C(=O)O. The average molecular weight is 1120 g/mol. The van der Waals surface area contributed by atoms with E-state index in [-0.39, 0.29) is 45.2 Å². The van der Waals surface area contributed by atoms with Crippen LogP contribution in [0.25, 0.3) is 10.9 Å². The van der Waals surface area contributed by atoms with Crippen molar-refractivity contribution in [1.82, 2.24) is 47.1 Å². The molecule has 0 radical (unpaired) electrons. The van der Waals surface area contributed by atoms with Crippen molar-refractivity contribution in [2.24, 2.45) is 29.0 Å². The normalized spacial score (nSPS) is 17.4. The van der Waals surface area contributed by atoms with Gasteiger partial charge in [-0.2, -0.15) is 0 Å². The van der Waals surface area contributed by atoms with Crippen molar-refractivity contribution in [1.29, 1.82) is 0 Å². The summed E-state index contributed by atoms with van der Waals surface area (Å²) in [5.41, 5.74) is 18.0. The fourth-order valence-electron chi connectivity index (χ4n) is 8.76. The highest BCUT2D eigenvalue weighted by molar-refractivity contribution is 6.00. The van der Waals surface area contributed by atoms with E-state index in [0.29, 0.717) is 42.1 Å². The number of aliphatic hydroxyl groups excluding tert-OH is 1. The zero-order chi connectivity index (χ0) is 59.3. The number of carboxylic acids is 3. The Bertz CT molecular complexity index is 2500. The predicted octanol–water partition coefficient (Wildman–Crippen LogP) is -2.68. The fourth-order valence-corrected chi connectivity index (χ4v) is 8.76. The molecule has 28 nitrogen and oxygen atoms in total. The van der Waals surface area contributed by atoms with Gasteiger partial charge in [0.05, 0.1) is 18.9 Å². The Morgan fingerprint density at radius 1 is 0.671 bits per heavy atom. The molecule has 1 aliphatic heterocycles. The number of benzene rings is 1. The molecule has 0 spiro atoms. The molecule has 79 heavy (non-hydrogen) atoms. The second-order valence-corrected chi connectivity index (χ2v) is 19.9. The van der Waals surface area contributed by atoms with Gasteiger partial charge in [-0.3, -0.25) is 52.7 Å². The quantitative estimate of drug-likeness (QED) is 0.0318. The van der Waals surface area contributed by atoms with E-state index in [1.165, 1.54) is 6.92 Å². The van der Waals surface area contributed by atoms with Crippen LogP contribution < -0.4 is 54.4 Å². The van der Waals surface area contributed by atoms with Gasteiger partial charge >= 0.3 is 17.9 Å². The van der Waals surface area contributed by atoms with Crippen LogP contribution in [0.3, 0.4) is 0 Å². The fraction of sp³-hybridized carbons (Fsp3) is 0.608. The van der Waals surface area contributed by atoms with Crippen LogP contribution in [0.2, 0.25) is 0 Å². The first-order chi connectivity index (χ1) is 37.2. The smallest absolute Gasteiger partial charge is 0.326 e. The maximum absolute atomic E-state index is 14.5. The molecule has 28 heteroatoms. The number of aromatic amines is 1. The Morgan fingerprint density at radius 2 is 1.20 bits per heavy atom. The van der Waals surface area contributed by atoms with Crippen LogP contribution in [0.4, 0.5) is 0 Å². The van der Waals surface area contributed by atoms with Crippen LogP contribution in [0, 0.1) is 11.8 Å². The average Bonchev–Trinajstić information content (AvgIpc) is 4.07. The third kappa shape index (κ3) is 19.9. The van der Waals surface area contributed by atoms with Crippen molar-refractivity contribution in [3.05, 3.63) is 36.0 Å².